The average molecular weight is 1040 g/mol. The van der Waals surface area contributed by atoms with Gasteiger partial charge in [0.25, 0.3) is 0 Å². The molecule has 0 fully saturated rings. The molecule has 0 aliphatic carbocycles. The summed E-state index contributed by atoms with van der Waals surface area (Å²) in [6.45, 7) is 6.69. The Morgan fingerprint density at radius 1 is 0.257 bits per heavy atom. The minimum absolute atomic E-state index is 0.0733. The Morgan fingerprint density at radius 3 is 0.676 bits per heavy atom. The molecule has 1 atom stereocenters. The zero-order chi connectivity index (χ0) is 53.6. The van der Waals surface area contributed by atoms with Crippen molar-refractivity contribution in [3.05, 3.63) is 36.5 Å². The van der Waals surface area contributed by atoms with Crippen LogP contribution in [0.4, 0.5) is 0 Å². The Hall–Kier alpha value is -2.37. The molecule has 0 aromatic heterocycles. The molecule has 434 valence electrons. The zero-order valence-corrected chi connectivity index (χ0v) is 49.9. The number of rotatable bonds is 61. The Balaban J connectivity index is 4.34. The molecule has 0 aliphatic rings. The first-order chi connectivity index (χ1) is 36.5. The molecular formula is C68H126O6. The standard InChI is InChI=1S/C68H126O6/c1-4-7-10-13-16-19-22-25-28-31-33-34-35-38-40-43-46-49-52-55-58-61-67(70)73-64-65(63-72-66(69)60-57-54-51-48-45-42-39-36-30-27-24-21-18-15-12-9-6-3)74-68(71)62-59-56-53-50-47-44-41-37-32-29-26-23-20-17-14-11-8-5-2/h27,29-33,65H,4-26,28,34-64H2,1-3H3/b30-27-,32-29-,33-31-. The normalized spacial score (nSPS) is 12.2. The molecule has 74 heavy (non-hydrogen) atoms. The van der Waals surface area contributed by atoms with Crippen LogP contribution in [0, 0.1) is 0 Å². The summed E-state index contributed by atoms with van der Waals surface area (Å²) in [4.78, 5) is 38.4. The molecule has 0 bridgehead atoms. The van der Waals surface area contributed by atoms with Gasteiger partial charge in [-0.3, -0.25) is 14.4 Å². The van der Waals surface area contributed by atoms with Crippen molar-refractivity contribution in [3.63, 3.8) is 0 Å². The number of unbranched alkanes of at least 4 members (excludes halogenated alkanes) is 44. The van der Waals surface area contributed by atoms with Crippen molar-refractivity contribution in [1.29, 1.82) is 0 Å². The molecule has 0 heterocycles. The molecule has 0 N–H and O–H groups in total. The minimum atomic E-state index is -0.777. The Morgan fingerprint density at radius 2 is 0.446 bits per heavy atom. The fourth-order valence-electron chi connectivity index (χ4n) is 9.84. The largest absolute Gasteiger partial charge is 0.462 e. The lowest BCUT2D eigenvalue weighted by Gasteiger charge is -2.18. The van der Waals surface area contributed by atoms with E-state index in [0.29, 0.717) is 19.3 Å². The topological polar surface area (TPSA) is 78.9 Å². The predicted octanol–water partition coefficient (Wildman–Crippen LogP) is 22.4. The lowest BCUT2D eigenvalue weighted by Crippen LogP contribution is -2.30. The molecule has 0 amide bonds. The number of carbonyl (C=O) groups excluding carboxylic acids is 3. The summed E-state index contributed by atoms with van der Waals surface area (Å²) in [7, 11) is 0. The van der Waals surface area contributed by atoms with Crippen molar-refractivity contribution in [2.24, 2.45) is 0 Å². The molecule has 0 aliphatic heterocycles. The van der Waals surface area contributed by atoms with Gasteiger partial charge < -0.3 is 14.2 Å². The molecule has 0 saturated carbocycles. The molecule has 6 nitrogen and oxygen atoms in total. The van der Waals surface area contributed by atoms with Crippen LogP contribution >= 0.6 is 0 Å². The Bertz CT molecular complexity index is 1240. The predicted molar refractivity (Wildman–Crippen MR) is 321 cm³/mol. The number of allylic oxidation sites excluding steroid dienone is 6. The molecule has 0 aromatic rings. The van der Waals surface area contributed by atoms with Gasteiger partial charge in [0.2, 0.25) is 0 Å². The summed E-state index contributed by atoms with van der Waals surface area (Å²) < 4.78 is 17.0. The summed E-state index contributed by atoms with van der Waals surface area (Å²) in [5, 5.41) is 0. The van der Waals surface area contributed by atoms with E-state index in [-0.39, 0.29) is 31.1 Å². The van der Waals surface area contributed by atoms with Gasteiger partial charge >= 0.3 is 17.9 Å². The number of carbonyl (C=O) groups is 3. The summed E-state index contributed by atoms with van der Waals surface area (Å²) in [5.41, 5.74) is 0. The molecule has 0 saturated heterocycles. The van der Waals surface area contributed by atoms with E-state index in [9.17, 15) is 14.4 Å². The van der Waals surface area contributed by atoms with Gasteiger partial charge in [0, 0.05) is 19.3 Å². The maximum Gasteiger partial charge on any atom is 0.306 e. The van der Waals surface area contributed by atoms with Crippen molar-refractivity contribution in [1.82, 2.24) is 0 Å². The van der Waals surface area contributed by atoms with Crippen LogP contribution in [-0.2, 0) is 28.6 Å². The van der Waals surface area contributed by atoms with Crippen LogP contribution in [0.3, 0.4) is 0 Å². The second kappa shape index (κ2) is 63.2. The van der Waals surface area contributed by atoms with E-state index in [0.717, 1.165) is 57.8 Å². The van der Waals surface area contributed by atoms with E-state index >= 15 is 0 Å². The third-order valence-corrected chi connectivity index (χ3v) is 14.8. The van der Waals surface area contributed by atoms with Crippen LogP contribution in [0.5, 0.6) is 0 Å². The second-order valence-electron chi connectivity index (χ2n) is 22.4. The second-order valence-corrected chi connectivity index (χ2v) is 22.4. The van der Waals surface area contributed by atoms with Crippen LogP contribution in [-0.4, -0.2) is 37.2 Å². The highest BCUT2D eigenvalue weighted by Gasteiger charge is 2.19. The smallest absolute Gasteiger partial charge is 0.306 e. The van der Waals surface area contributed by atoms with Crippen LogP contribution < -0.4 is 0 Å². The van der Waals surface area contributed by atoms with E-state index in [4.69, 9.17) is 14.2 Å². The fourth-order valence-corrected chi connectivity index (χ4v) is 9.84. The molecular weight excluding hydrogens is 913 g/mol. The van der Waals surface area contributed by atoms with E-state index in [1.54, 1.807) is 0 Å². The van der Waals surface area contributed by atoms with Crippen molar-refractivity contribution in [2.75, 3.05) is 13.2 Å². The quantitative estimate of drug-likeness (QED) is 0.0261. The van der Waals surface area contributed by atoms with Crippen molar-refractivity contribution >= 4 is 17.9 Å². The average Bonchev–Trinajstić information content (AvgIpc) is 3.40. The van der Waals surface area contributed by atoms with E-state index in [1.807, 2.05) is 0 Å². The number of hydrogen-bond acceptors (Lipinski definition) is 6. The third kappa shape index (κ3) is 60.5. The highest BCUT2D eigenvalue weighted by molar-refractivity contribution is 5.71. The van der Waals surface area contributed by atoms with Gasteiger partial charge in [-0.25, -0.2) is 0 Å². The molecule has 0 rings (SSSR count). The molecule has 1 unspecified atom stereocenters. The van der Waals surface area contributed by atoms with Crippen molar-refractivity contribution in [3.8, 4) is 0 Å². The first-order valence-corrected chi connectivity index (χ1v) is 33.0. The number of esters is 3. The Labute approximate surface area is 461 Å². The first-order valence-electron chi connectivity index (χ1n) is 33.0. The van der Waals surface area contributed by atoms with Crippen molar-refractivity contribution < 1.29 is 28.6 Å². The lowest BCUT2D eigenvalue weighted by molar-refractivity contribution is -0.167. The Kier molecular flexibility index (Phi) is 61.1. The van der Waals surface area contributed by atoms with Gasteiger partial charge in [-0.05, 0) is 96.3 Å². The fraction of sp³-hybridized carbons (Fsp3) is 0.868. The van der Waals surface area contributed by atoms with Gasteiger partial charge in [0.15, 0.2) is 6.10 Å². The molecule has 0 spiro atoms. The summed E-state index contributed by atoms with van der Waals surface area (Å²) in [6.07, 6.45) is 77.2. The summed E-state index contributed by atoms with van der Waals surface area (Å²) in [6, 6.07) is 0. The van der Waals surface area contributed by atoms with Crippen molar-refractivity contribution in [2.45, 2.75) is 367 Å². The van der Waals surface area contributed by atoms with Gasteiger partial charge in [-0.2, -0.15) is 0 Å². The van der Waals surface area contributed by atoms with E-state index < -0.39 is 6.10 Å². The number of hydrogen-bond donors (Lipinski definition) is 0. The summed E-state index contributed by atoms with van der Waals surface area (Å²) in [5.74, 6) is -0.860. The highest BCUT2D eigenvalue weighted by atomic mass is 16.6. The SMILES string of the molecule is CCCCCCCC/C=C\CCCCCCCCCC(=O)OCC(COC(=O)CCCCCCCCCCC/C=C\CCCCCCCCCC)OC(=O)CCCCCCCCC/C=C\CCCCCCCCC. The van der Waals surface area contributed by atoms with Gasteiger partial charge in [-0.1, -0.05) is 282 Å². The monoisotopic (exact) mass is 1040 g/mol. The van der Waals surface area contributed by atoms with Crippen LogP contribution in [0.1, 0.15) is 361 Å². The third-order valence-electron chi connectivity index (χ3n) is 14.8. The molecule has 0 radical (unpaired) electrons. The maximum absolute atomic E-state index is 12.9. The number of ether oxygens (including phenoxy) is 3. The lowest BCUT2D eigenvalue weighted by atomic mass is 10.1. The first kappa shape index (κ1) is 71.6. The van der Waals surface area contributed by atoms with Crippen LogP contribution in [0.2, 0.25) is 0 Å². The van der Waals surface area contributed by atoms with E-state index in [2.05, 4.69) is 57.2 Å². The molecule has 0 aromatic carbocycles. The van der Waals surface area contributed by atoms with Gasteiger partial charge in [0.05, 0.1) is 0 Å². The van der Waals surface area contributed by atoms with E-state index in [1.165, 1.54) is 263 Å². The van der Waals surface area contributed by atoms with Gasteiger partial charge in [0.1, 0.15) is 13.2 Å². The van der Waals surface area contributed by atoms with Gasteiger partial charge in [-0.15, -0.1) is 0 Å². The van der Waals surface area contributed by atoms with Crippen LogP contribution in [0.25, 0.3) is 0 Å². The van der Waals surface area contributed by atoms with Crippen LogP contribution in [0.15, 0.2) is 36.5 Å². The maximum atomic E-state index is 12.9. The zero-order valence-electron chi connectivity index (χ0n) is 49.9. The highest BCUT2D eigenvalue weighted by Crippen LogP contribution is 2.17. The minimum Gasteiger partial charge on any atom is -0.462 e. The summed E-state index contributed by atoms with van der Waals surface area (Å²) >= 11 is 0. The molecule has 6 heteroatoms.